The molecule has 2 aromatic heterocycles. The second kappa shape index (κ2) is 7.37. The third-order valence-electron chi connectivity index (χ3n) is 5.13. The zero-order valence-corrected chi connectivity index (χ0v) is 15.5. The maximum Gasteiger partial charge on any atom is 0.254 e. The second-order valence-corrected chi connectivity index (χ2v) is 7.06. The first-order valence-electron chi connectivity index (χ1n) is 9.26. The Morgan fingerprint density at radius 3 is 2.64 bits per heavy atom. The van der Waals surface area contributed by atoms with Gasteiger partial charge in [-0.1, -0.05) is 12.1 Å². The first-order valence-corrected chi connectivity index (χ1v) is 9.26. The van der Waals surface area contributed by atoms with Gasteiger partial charge in [0.15, 0.2) is 0 Å². The fourth-order valence-corrected chi connectivity index (χ4v) is 3.59. The topological polar surface area (TPSA) is 117 Å². The predicted octanol–water partition coefficient (Wildman–Crippen LogP) is 2.03. The van der Waals surface area contributed by atoms with Crippen LogP contribution < -0.4 is 5.32 Å². The number of nitrogens with one attached hydrogen (secondary N) is 1. The largest absolute Gasteiger partial charge is 0.393 e. The van der Waals surface area contributed by atoms with E-state index in [1.165, 1.54) is 17.1 Å². The van der Waals surface area contributed by atoms with Crippen molar-refractivity contribution in [2.45, 2.75) is 44.8 Å². The number of carbonyl (C=O) groups excluding carboxylic acids is 1. The molecule has 1 aliphatic carbocycles. The van der Waals surface area contributed by atoms with Gasteiger partial charge in [0, 0.05) is 23.8 Å². The molecule has 0 unspecified atom stereocenters. The maximum atomic E-state index is 12.4. The number of fused-ring (bicyclic) bond motifs is 1. The molecule has 0 bridgehead atoms. The Morgan fingerprint density at radius 2 is 1.96 bits per heavy atom. The SMILES string of the molecule is Cc1nn(-c2ncc(C(=O)NC3CCC(O)CC3)cn2)c2c(C#N)cccc12. The molecule has 28 heavy (non-hydrogen) atoms. The van der Waals surface area contributed by atoms with Gasteiger partial charge in [-0.25, -0.2) is 9.97 Å². The summed E-state index contributed by atoms with van der Waals surface area (Å²) in [6.45, 7) is 1.86. The van der Waals surface area contributed by atoms with Crippen molar-refractivity contribution in [3.63, 3.8) is 0 Å². The van der Waals surface area contributed by atoms with E-state index in [0.29, 0.717) is 35.4 Å². The van der Waals surface area contributed by atoms with E-state index in [1.54, 1.807) is 6.07 Å². The molecule has 0 atom stereocenters. The first-order chi connectivity index (χ1) is 13.6. The van der Waals surface area contributed by atoms with Gasteiger partial charge in [0.2, 0.25) is 0 Å². The van der Waals surface area contributed by atoms with Gasteiger partial charge < -0.3 is 10.4 Å². The van der Waals surface area contributed by atoms with Gasteiger partial charge in [-0.2, -0.15) is 15.0 Å². The van der Waals surface area contributed by atoms with Gasteiger partial charge in [-0.15, -0.1) is 0 Å². The number of amides is 1. The molecule has 0 aliphatic heterocycles. The molecular formula is C20H20N6O2. The summed E-state index contributed by atoms with van der Waals surface area (Å²) in [5.74, 6) is 0.0743. The molecule has 2 heterocycles. The molecule has 4 rings (SSSR count). The molecule has 1 aromatic carbocycles. The van der Waals surface area contributed by atoms with Crippen molar-refractivity contribution in [3.8, 4) is 12.0 Å². The van der Waals surface area contributed by atoms with Crippen molar-refractivity contribution >= 4 is 16.8 Å². The lowest BCUT2D eigenvalue weighted by Gasteiger charge is -2.26. The number of nitrogens with zero attached hydrogens (tertiary/aromatic N) is 5. The van der Waals surface area contributed by atoms with Crippen molar-refractivity contribution in [3.05, 3.63) is 47.4 Å². The third-order valence-corrected chi connectivity index (χ3v) is 5.13. The molecule has 1 aliphatic rings. The molecule has 0 saturated heterocycles. The monoisotopic (exact) mass is 376 g/mol. The van der Waals surface area contributed by atoms with Crippen LogP contribution in [0.2, 0.25) is 0 Å². The summed E-state index contributed by atoms with van der Waals surface area (Å²) in [4.78, 5) is 21.0. The van der Waals surface area contributed by atoms with E-state index >= 15 is 0 Å². The summed E-state index contributed by atoms with van der Waals surface area (Å²) in [7, 11) is 0. The molecule has 8 heteroatoms. The van der Waals surface area contributed by atoms with E-state index in [2.05, 4.69) is 26.5 Å². The number of para-hydroxylation sites is 1. The van der Waals surface area contributed by atoms with Gasteiger partial charge in [0.05, 0.1) is 28.4 Å². The van der Waals surface area contributed by atoms with Gasteiger partial charge in [-0.05, 0) is 38.7 Å². The quantitative estimate of drug-likeness (QED) is 0.722. The summed E-state index contributed by atoms with van der Waals surface area (Å²) >= 11 is 0. The van der Waals surface area contributed by atoms with Crippen LogP contribution in [0.5, 0.6) is 0 Å². The van der Waals surface area contributed by atoms with Crippen molar-refractivity contribution in [2.24, 2.45) is 0 Å². The summed E-state index contributed by atoms with van der Waals surface area (Å²) in [5, 5.41) is 27.3. The zero-order chi connectivity index (χ0) is 19.7. The van der Waals surface area contributed by atoms with E-state index in [4.69, 9.17) is 0 Å². The van der Waals surface area contributed by atoms with Gasteiger partial charge in [0.25, 0.3) is 11.9 Å². The minimum absolute atomic E-state index is 0.0615. The lowest BCUT2D eigenvalue weighted by atomic mass is 9.93. The predicted molar refractivity (Wildman–Crippen MR) is 102 cm³/mol. The normalized spacial score (nSPS) is 19.3. The number of benzene rings is 1. The third kappa shape index (κ3) is 3.32. The molecule has 8 nitrogen and oxygen atoms in total. The Bertz CT molecular complexity index is 1060. The number of aryl methyl sites for hydroxylation is 1. The highest BCUT2D eigenvalue weighted by Gasteiger charge is 2.22. The van der Waals surface area contributed by atoms with E-state index in [0.717, 1.165) is 23.9 Å². The molecule has 2 N–H and O–H groups in total. The van der Waals surface area contributed by atoms with E-state index < -0.39 is 0 Å². The molecule has 0 spiro atoms. The fraction of sp³-hybridized carbons (Fsp3) is 0.350. The van der Waals surface area contributed by atoms with Gasteiger partial charge >= 0.3 is 0 Å². The number of hydrogen-bond acceptors (Lipinski definition) is 6. The number of carbonyl (C=O) groups is 1. The van der Waals surface area contributed by atoms with Gasteiger partial charge in [-0.3, -0.25) is 4.79 Å². The molecule has 142 valence electrons. The number of aliphatic hydroxyl groups is 1. The Morgan fingerprint density at radius 1 is 1.25 bits per heavy atom. The van der Waals surface area contributed by atoms with Crippen molar-refractivity contribution in [2.75, 3.05) is 0 Å². The summed E-state index contributed by atoms with van der Waals surface area (Å²) in [6, 6.07) is 7.68. The Kier molecular flexibility index (Phi) is 4.75. The van der Waals surface area contributed by atoms with E-state index in [-0.39, 0.29) is 18.1 Å². The van der Waals surface area contributed by atoms with Crippen LogP contribution in [-0.2, 0) is 0 Å². The minimum Gasteiger partial charge on any atom is -0.393 e. The van der Waals surface area contributed by atoms with Crippen molar-refractivity contribution in [1.29, 1.82) is 5.26 Å². The van der Waals surface area contributed by atoms with Crippen LogP contribution >= 0.6 is 0 Å². The molecule has 3 aromatic rings. The highest BCUT2D eigenvalue weighted by molar-refractivity contribution is 5.94. The van der Waals surface area contributed by atoms with Gasteiger partial charge in [0.1, 0.15) is 6.07 Å². The first kappa shape index (κ1) is 18.1. The number of aliphatic hydroxyl groups excluding tert-OH is 1. The molecule has 1 amide bonds. The molecule has 1 saturated carbocycles. The van der Waals surface area contributed by atoms with Crippen LogP contribution in [0, 0.1) is 18.3 Å². The number of nitriles is 1. The van der Waals surface area contributed by atoms with Crippen LogP contribution in [0.1, 0.15) is 47.3 Å². The summed E-state index contributed by atoms with van der Waals surface area (Å²) in [6.07, 6.45) is 5.60. The Hall–Kier alpha value is -3.31. The van der Waals surface area contributed by atoms with Crippen LogP contribution in [0.4, 0.5) is 0 Å². The number of aromatic nitrogens is 4. The van der Waals surface area contributed by atoms with Crippen molar-refractivity contribution < 1.29 is 9.90 Å². The second-order valence-electron chi connectivity index (χ2n) is 7.06. The fourth-order valence-electron chi connectivity index (χ4n) is 3.59. The maximum absolute atomic E-state index is 12.4. The standard InChI is InChI=1S/C20H20N6O2/c1-12-17-4-2-3-13(9-21)18(17)26(25-12)20-22-10-14(11-23-20)19(28)24-15-5-7-16(27)8-6-15/h2-4,10-11,15-16,27H,5-8H2,1H3,(H,24,28). The lowest BCUT2D eigenvalue weighted by Crippen LogP contribution is -2.38. The summed E-state index contributed by atoms with van der Waals surface area (Å²) < 4.78 is 1.54. The minimum atomic E-state index is -0.263. The Balaban J connectivity index is 1.58. The van der Waals surface area contributed by atoms with Crippen LogP contribution in [0.25, 0.3) is 16.9 Å². The van der Waals surface area contributed by atoms with E-state index in [9.17, 15) is 15.2 Å². The number of hydrogen-bond donors (Lipinski definition) is 2. The average molecular weight is 376 g/mol. The summed E-state index contributed by atoms with van der Waals surface area (Å²) in [5.41, 5.74) is 2.28. The highest BCUT2D eigenvalue weighted by Crippen LogP contribution is 2.23. The van der Waals surface area contributed by atoms with Crippen LogP contribution in [0.15, 0.2) is 30.6 Å². The van der Waals surface area contributed by atoms with Crippen LogP contribution in [-0.4, -0.2) is 42.9 Å². The lowest BCUT2D eigenvalue weighted by molar-refractivity contribution is 0.0867. The smallest absolute Gasteiger partial charge is 0.254 e. The van der Waals surface area contributed by atoms with Crippen LogP contribution in [0.3, 0.4) is 0 Å². The zero-order valence-electron chi connectivity index (χ0n) is 15.5. The highest BCUT2D eigenvalue weighted by atomic mass is 16.3. The molecular weight excluding hydrogens is 356 g/mol. The molecule has 0 radical (unpaired) electrons. The van der Waals surface area contributed by atoms with E-state index in [1.807, 2.05) is 19.1 Å². The van der Waals surface area contributed by atoms with Crippen molar-refractivity contribution in [1.82, 2.24) is 25.1 Å². The number of rotatable bonds is 3. The Labute approximate surface area is 161 Å². The molecule has 1 fully saturated rings. The average Bonchev–Trinajstić information content (AvgIpc) is 3.07.